The number of aliphatic hydroxyl groups is 2. The van der Waals surface area contributed by atoms with E-state index in [1.807, 2.05) is 0 Å². The second kappa shape index (κ2) is 8.90. The van der Waals surface area contributed by atoms with Crippen molar-refractivity contribution >= 4 is 0 Å². The van der Waals surface area contributed by atoms with E-state index in [1.54, 1.807) is 6.92 Å². The second-order valence-electron chi connectivity index (χ2n) is 5.57. The molecule has 3 heteroatoms. The van der Waals surface area contributed by atoms with E-state index in [1.165, 1.54) is 19.3 Å². The van der Waals surface area contributed by atoms with Gasteiger partial charge >= 0.3 is 0 Å². The zero-order valence-electron chi connectivity index (χ0n) is 11.9. The summed E-state index contributed by atoms with van der Waals surface area (Å²) in [7, 11) is 0. The zero-order chi connectivity index (χ0) is 13.3. The van der Waals surface area contributed by atoms with E-state index in [-0.39, 0.29) is 19.3 Å². The first-order valence-corrected chi connectivity index (χ1v) is 6.90. The van der Waals surface area contributed by atoms with Gasteiger partial charge in [0.05, 0.1) is 19.3 Å². The summed E-state index contributed by atoms with van der Waals surface area (Å²) in [6.07, 6.45) is 6.20. The van der Waals surface area contributed by atoms with Gasteiger partial charge in [-0.3, -0.25) is 0 Å². The Labute approximate surface area is 106 Å². The van der Waals surface area contributed by atoms with Crippen LogP contribution in [0.25, 0.3) is 0 Å². The highest BCUT2D eigenvalue weighted by atomic mass is 16.5. The van der Waals surface area contributed by atoms with Crippen molar-refractivity contribution in [3.8, 4) is 0 Å². The molecule has 17 heavy (non-hydrogen) atoms. The molecule has 1 aliphatic rings. The third kappa shape index (κ3) is 8.58. The zero-order valence-corrected chi connectivity index (χ0v) is 11.9. The van der Waals surface area contributed by atoms with Gasteiger partial charge < -0.3 is 14.9 Å². The van der Waals surface area contributed by atoms with Crippen molar-refractivity contribution < 1.29 is 14.9 Å². The predicted octanol–water partition coefficient (Wildman–Crippen LogP) is 2.74. The van der Waals surface area contributed by atoms with Crippen molar-refractivity contribution in [3.05, 3.63) is 0 Å². The minimum atomic E-state index is -1.08. The standard InChI is InChI=1S/C11H22O3.C3H8/c1-9-4-3-5-10(6-9)14-8-11(2,13)7-12;1-3-2/h9-10,12-13H,3-8H2,1-2H3;3H2,1-2H3/t9-,10+,11?;/m1./s1. The minimum Gasteiger partial charge on any atom is -0.393 e. The Morgan fingerprint density at radius 2 is 1.88 bits per heavy atom. The molecule has 1 saturated carbocycles. The lowest BCUT2D eigenvalue weighted by molar-refractivity contribution is -0.0964. The molecule has 1 aliphatic carbocycles. The maximum atomic E-state index is 9.54. The molecule has 0 aliphatic heterocycles. The minimum absolute atomic E-state index is 0.237. The van der Waals surface area contributed by atoms with Gasteiger partial charge in [0.1, 0.15) is 5.60 Å². The number of hydrogen-bond donors (Lipinski definition) is 2. The lowest BCUT2D eigenvalue weighted by Crippen LogP contribution is -2.37. The Kier molecular flexibility index (Phi) is 8.83. The molecule has 3 atom stereocenters. The lowest BCUT2D eigenvalue weighted by Gasteiger charge is -2.29. The average Bonchev–Trinajstić information content (AvgIpc) is 2.28. The van der Waals surface area contributed by atoms with Crippen molar-refractivity contribution in [3.63, 3.8) is 0 Å². The van der Waals surface area contributed by atoms with Crippen LogP contribution in [0.4, 0.5) is 0 Å². The summed E-state index contributed by atoms with van der Waals surface area (Å²) in [5.41, 5.74) is -1.08. The van der Waals surface area contributed by atoms with Gasteiger partial charge in [-0.1, -0.05) is 40.0 Å². The lowest BCUT2D eigenvalue weighted by atomic mass is 9.88. The molecule has 1 rings (SSSR count). The van der Waals surface area contributed by atoms with Gasteiger partial charge in [-0.2, -0.15) is 0 Å². The third-order valence-corrected chi connectivity index (χ3v) is 2.86. The first-order valence-electron chi connectivity index (χ1n) is 6.90. The van der Waals surface area contributed by atoms with Crippen LogP contribution in [-0.4, -0.2) is 35.1 Å². The van der Waals surface area contributed by atoms with E-state index in [4.69, 9.17) is 9.84 Å². The van der Waals surface area contributed by atoms with Crippen molar-refractivity contribution in [1.82, 2.24) is 0 Å². The first-order chi connectivity index (χ1) is 7.95. The van der Waals surface area contributed by atoms with Crippen LogP contribution in [0.5, 0.6) is 0 Å². The molecule has 1 unspecified atom stereocenters. The largest absolute Gasteiger partial charge is 0.393 e. The van der Waals surface area contributed by atoms with Crippen LogP contribution >= 0.6 is 0 Å². The molecule has 3 nitrogen and oxygen atoms in total. The Morgan fingerprint density at radius 1 is 1.29 bits per heavy atom. The topological polar surface area (TPSA) is 49.7 Å². The van der Waals surface area contributed by atoms with Crippen LogP contribution in [-0.2, 0) is 4.74 Å². The summed E-state index contributed by atoms with van der Waals surface area (Å²) in [6.45, 7) is 8.08. The summed E-state index contributed by atoms with van der Waals surface area (Å²) in [4.78, 5) is 0. The van der Waals surface area contributed by atoms with Gasteiger partial charge in [0, 0.05) is 0 Å². The summed E-state index contributed by atoms with van der Waals surface area (Å²) in [6, 6.07) is 0. The highest BCUT2D eigenvalue weighted by molar-refractivity contribution is 4.74. The summed E-state index contributed by atoms with van der Waals surface area (Å²) >= 11 is 0. The van der Waals surface area contributed by atoms with Crippen LogP contribution in [0.1, 0.15) is 59.8 Å². The molecular weight excluding hydrogens is 216 g/mol. The van der Waals surface area contributed by atoms with Gasteiger partial charge in [-0.25, -0.2) is 0 Å². The SMILES string of the molecule is CCC.C[C@@H]1CCC[C@H](OCC(C)(O)CO)C1. The summed E-state index contributed by atoms with van der Waals surface area (Å²) in [5, 5.41) is 18.4. The fourth-order valence-corrected chi connectivity index (χ4v) is 1.87. The van der Waals surface area contributed by atoms with Crippen LogP contribution in [0.3, 0.4) is 0 Å². The van der Waals surface area contributed by atoms with Crippen LogP contribution in [0.15, 0.2) is 0 Å². The van der Waals surface area contributed by atoms with E-state index in [0.717, 1.165) is 18.8 Å². The maximum absolute atomic E-state index is 9.54. The quantitative estimate of drug-likeness (QED) is 0.802. The smallest absolute Gasteiger partial charge is 0.108 e. The van der Waals surface area contributed by atoms with Crippen LogP contribution < -0.4 is 0 Å². The van der Waals surface area contributed by atoms with E-state index in [2.05, 4.69) is 20.8 Å². The molecular formula is C14H30O3. The number of hydrogen-bond acceptors (Lipinski definition) is 3. The molecule has 0 heterocycles. The summed E-state index contributed by atoms with van der Waals surface area (Å²) < 4.78 is 5.60. The molecule has 0 spiro atoms. The number of ether oxygens (including phenoxy) is 1. The second-order valence-corrected chi connectivity index (χ2v) is 5.57. The van der Waals surface area contributed by atoms with Gasteiger partial charge in [0.15, 0.2) is 0 Å². The van der Waals surface area contributed by atoms with Crippen molar-refractivity contribution in [1.29, 1.82) is 0 Å². The van der Waals surface area contributed by atoms with Gasteiger partial charge in [-0.05, 0) is 25.7 Å². The summed E-state index contributed by atoms with van der Waals surface area (Å²) in [5.74, 6) is 0.729. The van der Waals surface area contributed by atoms with E-state index >= 15 is 0 Å². The first kappa shape index (κ1) is 16.9. The molecule has 104 valence electrons. The Hall–Kier alpha value is -0.120. The maximum Gasteiger partial charge on any atom is 0.108 e. The molecule has 0 saturated heterocycles. The van der Waals surface area contributed by atoms with E-state index < -0.39 is 5.60 Å². The van der Waals surface area contributed by atoms with Crippen molar-refractivity contribution in [2.45, 2.75) is 71.5 Å². The molecule has 0 bridgehead atoms. The molecule has 2 N–H and O–H groups in total. The highest BCUT2D eigenvalue weighted by Gasteiger charge is 2.24. The normalized spacial score (nSPS) is 27.9. The van der Waals surface area contributed by atoms with Gasteiger partial charge in [0.25, 0.3) is 0 Å². The van der Waals surface area contributed by atoms with Crippen LogP contribution in [0, 0.1) is 5.92 Å². The number of rotatable bonds is 4. The number of aliphatic hydroxyl groups excluding tert-OH is 1. The molecule has 0 aromatic heterocycles. The fourth-order valence-electron chi connectivity index (χ4n) is 1.87. The van der Waals surface area contributed by atoms with Gasteiger partial charge in [-0.15, -0.1) is 0 Å². The predicted molar refractivity (Wildman–Crippen MR) is 71.0 cm³/mol. The van der Waals surface area contributed by atoms with Crippen LogP contribution in [0.2, 0.25) is 0 Å². The van der Waals surface area contributed by atoms with Crippen molar-refractivity contribution in [2.75, 3.05) is 13.2 Å². The van der Waals surface area contributed by atoms with Gasteiger partial charge in [0.2, 0.25) is 0 Å². The molecule has 0 aromatic rings. The molecule has 0 amide bonds. The Bertz CT molecular complexity index is 180. The molecule has 0 aromatic carbocycles. The monoisotopic (exact) mass is 246 g/mol. The third-order valence-electron chi connectivity index (χ3n) is 2.86. The van der Waals surface area contributed by atoms with Crippen molar-refractivity contribution in [2.24, 2.45) is 5.92 Å². The fraction of sp³-hybridized carbons (Fsp3) is 1.00. The average molecular weight is 246 g/mol. The Morgan fingerprint density at radius 3 is 2.35 bits per heavy atom. The molecule has 1 fully saturated rings. The highest BCUT2D eigenvalue weighted by Crippen LogP contribution is 2.26. The molecule has 0 radical (unpaired) electrons. The van der Waals surface area contributed by atoms with E-state index in [9.17, 15) is 5.11 Å². The van der Waals surface area contributed by atoms with E-state index in [0.29, 0.717) is 0 Å². The Balaban J connectivity index is 0.000000770.